The molecule has 72 valence electrons. The third-order valence-electron chi connectivity index (χ3n) is 1.65. The summed E-state index contributed by atoms with van der Waals surface area (Å²) >= 11 is 1.55. The topological polar surface area (TPSA) is 56.7 Å². The van der Waals surface area contributed by atoms with E-state index in [9.17, 15) is 0 Å². The third-order valence-corrected chi connectivity index (χ3v) is 2.53. The van der Waals surface area contributed by atoms with E-state index >= 15 is 0 Å². The Labute approximate surface area is 86.1 Å². The quantitative estimate of drug-likeness (QED) is 0.810. The fraction of sp³-hybridized carbons (Fsp3) is 0.111. The number of nitrogen functional groups attached to an aromatic ring is 1. The summed E-state index contributed by atoms with van der Waals surface area (Å²) in [5.74, 6) is 0.541. The van der Waals surface area contributed by atoms with Gasteiger partial charge in [0.15, 0.2) is 0 Å². The van der Waals surface area contributed by atoms with Crippen molar-refractivity contribution in [1.82, 2.24) is 14.8 Å². The molecule has 0 aliphatic carbocycles. The van der Waals surface area contributed by atoms with E-state index in [4.69, 9.17) is 5.73 Å². The molecule has 2 rings (SSSR count). The van der Waals surface area contributed by atoms with Crippen LogP contribution < -0.4 is 5.73 Å². The molecule has 2 N–H and O–H groups in total. The zero-order chi connectivity index (χ0) is 9.97. The van der Waals surface area contributed by atoms with Gasteiger partial charge >= 0.3 is 0 Å². The summed E-state index contributed by atoms with van der Waals surface area (Å²) in [6, 6.07) is 5.59. The van der Waals surface area contributed by atoms with Crippen molar-refractivity contribution in [2.75, 3.05) is 5.73 Å². The van der Waals surface area contributed by atoms with Gasteiger partial charge in [-0.05, 0) is 12.1 Å². The van der Waals surface area contributed by atoms with Crippen LogP contribution in [-0.4, -0.2) is 14.8 Å². The SMILES string of the molecule is Cn1cc(Sc2cccc(N)n2)cn1. The van der Waals surface area contributed by atoms with Gasteiger partial charge in [0, 0.05) is 13.2 Å². The van der Waals surface area contributed by atoms with Gasteiger partial charge in [-0.25, -0.2) is 4.98 Å². The second kappa shape index (κ2) is 3.71. The second-order valence-electron chi connectivity index (χ2n) is 2.85. The minimum absolute atomic E-state index is 0.541. The lowest BCUT2D eigenvalue weighted by Crippen LogP contribution is -1.89. The van der Waals surface area contributed by atoms with Gasteiger partial charge in [0.1, 0.15) is 10.8 Å². The van der Waals surface area contributed by atoms with Crippen molar-refractivity contribution in [3.63, 3.8) is 0 Å². The minimum Gasteiger partial charge on any atom is -0.384 e. The van der Waals surface area contributed by atoms with E-state index in [1.807, 2.05) is 25.4 Å². The predicted molar refractivity (Wildman–Crippen MR) is 56.0 cm³/mol. The largest absolute Gasteiger partial charge is 0.384 e. The van der Waals surface area contributed by atoms with E-state index in [1.165, 1.54) is 0 Å². The van der Waals surface area contributed by atoms with Gasteiger partial charge in [0.2, 0.25) is 0 Å². The molecule has 0 aromatic carbocycles. The van der Waals surface area contributed by atoms with Crippen molar-refractivity contribution >= 4 is 17.6 Å². The van der Waals surface area contributed by atoms with Crippen LogP contribution in [-0.2, 0) is 7.05 Å². The van der Waals surface area contributed by atoms with E-state index in [0.717, 1.165) is 9.92 Å². The van der Waals surface area contributed by atoms with Crippen LogP contribution in [0.25, 0.3) is 0 Å². The lowest BCUT2D eigenvalue weighted by molar-refractivity contribution is 0.766. The first-order valence-electron chi connectivity index (χ1n) is 4.13. The average molecular weight is 206 g/mol. The molecular weight excluding hydrogens is 196 g/mol. The Kier molecular flexibility index (Phi) is 2.41. The highest BCUT2D eigenvalue weighted by molar-refractivity contribution is 7.99. The van der Waals surface area contributed by atoms with E-state index in [0.29, 0.717) is 5.82 Å². The van der Waals surface area contributed by atoms with Crippen LogP contribution in [0.5, 0.6) is 0 Å². The Bertz CT molecular complexity index is 438. The molecule has 0 saturated carbocycles. The molecule has 0 radical (unpaired) electrons. The number of hydrogen-bond donors (Lipinski definition) is 1. The highest BCUT2D eigenvalue weighted by Gasteiger charge is 2.00. The van der Waals surface area contributed by atoms with Crippen molar-refractivity contribution in [2.24, 2.45) is 7.05 Å². The third kappa shape index (κ3) is 2.05. The summed E-state index contributed by atoms with van der Waals surface area (Å²) in [7, 11) is 1.89. The Hall–Kier alpha value is -1.49. The monoisotopic (exact) mass is 206 g/mol. The van der Waals surface area contributed by atoms with Crippen LogP contribution in [0.15, 0.2) is 40.5 Å². The van der Waals surface area contributed by atoms with Gasteiger partial charge in [-0.2, -0.15) is 5.10 Å². The zero-order valence-electron chi connectivity index (χ0n) is 7.71. The first-order chi connectivity index (χ1) is 6.74. The number of hydrogen-bond acceptors (Lipinski definition) is 4. The Morgan fingerprint density at radius 3 is 2.93 bits per heavy atom. The maximum Gasteiger partial charge on any atom is 0.124 e. The number of pyridine rings is 1. The number of nitrogens with two attached hydrogens (primary N) is 1. The van der Waals surface area contributed by atoms with Gasteiger partial charge in [-0.1, -0.05) is 17.8 Å². The summed E-state index contributed by atoms with van der Waals surface area (Å²) in [4.78, 5) is 5.24. The number of aromatic nitrogens is 3. The lowest BCUT2D eigenvalue weighted by atomic mass is 10.5. The fourth-order valence-corrected chi connectivity index (χ4v) is 1.90. The van der Waals surface area contributed by atoms with Crippen LogP contribution in [0.2, 0.25) is 0 Å². The molecular formula is C9H10N4S. The van der Waals surface area contributed by atoms with Crippen LogP contribution in [0, 0.1) is 0 Å². The molecule has 0 amide bonds. The molecule has 2 aromatic heterocycles. The molecule has 0 unspecified atom stereocenters. The van der Waals surface area contributed by atoms with E-state index in [1.54, 1.807) is 28.7 Å². The summed E-state index contributed by atoms with van der Waals surface area (Å²) in [6.07, 6.45) is 3.74. The van der Waals surface area contributed by atoms with Gasteiger partial charge in [0.05, 0.1) is 11.1 Å². The van der Waals surface area contributed by atoms with Gasteiger partial charge < -0.3 is 5.73 Å². The van der Waals surface area contributed by atoms with E-state index < -0.39 is 0 Å². The normalized spacial score (nSPS) is 10.4. The van der Waals surface area contributed by atoms with Crippen molar-refractivity contribution < 1.29 is 0 Å². The van der Waals surface area contributed by atoms with Gasteiger partial charge in [-0.15, -0.1) is 0 Å². The molecule has 0 aliphatic rings. The van der Waals surface area contributed by atoms with Crippen LogP contribution >= 0.6 is 11.8 Å². The van der Waals surface area contributed by atoms with Crippen LogP contribution in [0.1, 0.15) is 0 Å². The standard InChI is InChI=1S/C9H10N4S/c1-13-6-7(5-11-13)14-9-4-2-3-8(10)12-9/h2-6H,1H3,(H2,10,12). The highest BCUT2D eigenvalue weighted by Crippen LogP contribution is 2.25. The molecule has 4 nitrogen and oxygen atoms in total. The molecule has 2 heterocycles. The summed E-state index contributed by atoms with van der Waals surface area (Å²) in [6.45, 7) is 0. The molecule has 0 saturated heterocycles. The Morgan fingerprint density at radius 2 is 2.29 bits per heavy atom. The predicted octanol–water partition coefficient (Wildman–Crippen LogP) is 1.55. The van der Waals surface area contributed by atoms with Crippen molar-refractivity contribution in [3.05, 3.63) is 30.6 Å². The molecule has 0 spiro atoms. The van der Waals surface area contributed by atoms with Gasteiger partial charge in [0.25, 0.3) is 0 Å². The second-order valence-corrected chi connectivity index (χ2v) is 3.95. The van der Waals surface area contributed by atoms with Crippen LogP contribution in [0.3, 0.4) is 0 Å². The maximum atomic E-state index is 5.57. The number of rotatable bonds is 2. The number of nitrogens with zero attached hydrogens (tertiary/aromatic N) is 3. The Morgan fingerprint density at radius 1 is 1.43 bits per heavy atom. The van der Waals surface area contributed by atoms with E-state index in [-0.39, 0.29) is 0 Å². The summed E-state index contributed by atoms with van der Waals surface area (Å²) in [5.41, 5.74) is 5.57. The fourth-order valence-electron chi connectivity index (χ4n) is 1.06. The summed E-state index contributed by atoms with van der Waals surface area (Å²) < 4.78 is 1.76. The first kappa shape index (κ1) is 9.08. The summed E-state index contributed by atoms with van der Waals surface area (Å²) in [5, 5.41) is 4.96. The smallest absolute Gasteiger partial charge is 0.124 e. The average Bonchev–Trinajstić information content (AvgIpc) is 2.51. The molecule has 0 atom stereocenters. The molecule has 0 aliphatic heterocycles. The number of aryl methyl sites for hydroxylation is 1. The highest BCUT2D eigenvalue weighted by atomic mass is 32.2. The molecule has 0 fully saturated rings. The number of anilines is 1. The van der Waals surface area contributed by atoms with Crippen molar-refractivity contribution in [2.45, 2.75) is 9.92 Å². The molecule has 2 aromatic rings. The van der Waals surface area contributed by atoms with Gasteiger partial charge in [-0.3, -0.25) is 4.68 Å². The van der Waals surface area contributed by atoms with Crippen molar-refractivity contribution in [3.8, 4) is 0 Å². The van der Waals surface area contributed by atoms with E-state index in [2.05, 4.69) is 10.1 Å². The molecule has 5 heteroatoms. The minimum atomic E-state index is 0.541. The zero-order valence-corrected chi connectivity index (χ0v) is 8.53. The molecule has 14 heavy (non-hydrogen) atoms. The van der Waals surface area contributed by atoms with Crippen LogP contribution in [0.4, 0.5) is 5.82 Å². The first-order valence-corrected chi connectivity index (χ1v) is 4.95. The Balaban J connectivity index is 2.18. The molecule has 0 bridgehead atoms. The maximum absolute atomic E-state index is 5.57. The lowest BCUT2D eigenvalue weighted by Gasteiger charge is -1.97. The van der Waals surface area contributed by atoms with Crippen molar-refractivity contribution in [1.29, 1.82) is 0 Å².